The van der Waals surface area contributed by atoms with Gasteiger partial charge in [0.2, 0.25) is 0 Å². The number of imidazole rings is 1. The Bertz CT molecular complexity index is 760. The fourth-order valence-electron chi connectivity index (χ4n) is 3.19. The fourth-order valence-corrected chi connectivity index (χ4v) is 4.32. The molecule has 112 valence electrons. The van der Waals surface area contributed by atoms with Crippen LogP contribution in [0, 0.1) is 0 Å². The third kappa shape index (κ3) is 2.63. The van der Waals surface area contributed by atoms with Crippen molar-refractivity contribution in [1.82, 2.24) is 14.5 Å². The number of rotatable bonds is 3. The Hall–Kier alpha value is -1.81. The van der Waals surface area contributed by atoms with Gasteiger partial charge >= 0.3 is 0 Å². The second-order valence-corrected chi connectivity index (χ2v) is 6.93. The van der Waals surface area contributed by atoms with Crippen molar-refractivity contribution in [3.05, 3.63) is 60.0 Å². The summed E-state index contributed by atoms with van der Waals surface area (Å²) >= 11 is 2.05. The van der Waals surface area contributed by atoms with Gasteiger partial charge in [0.1, 0.15) is 11.3 Å². The van der Waals surface area contributed by atoms with Crippen molar-refractivity contribution >= 4 is 22.9 Å². The predicted molar refractivity (Wildman–Crippen MR) is 92.4 cm³/mol. The second kappa shape index (κ2) is 6.13. The van der Waals surface area contributed by atoms with Gasteiger partial charge in [-0.15, -0.1) is 0 Å². The Labute approximate surface area is 134 Å². The van der Waals surface area contributed by atoms with E-state index in [1.807, 2.05) is 24.0 Å². The largest absolute Gasteiger partial charge is 0.308 e. The maximum absolute atomic E-state index is 4.87. The molecule has 3 nitrogen and oxygen atoms in total. The molecular formula is C18H19N3S. The summed E-state index contributed by atoms with van der Waals surface area (Å²) in [4.78, 5) is 9.48. The van der Waals surface area contributed by atoms with Gasteiger partial charge in [-0.1, -0.05) is 30.3 Å². The molecule has 2 aromatic heterocycles. The summed E-state index contributed by atoms with van der Waals surface area (Å²) < 4.78 is 2.40. The molecule has 0 amide bonds. The first-order valence-electron chi connectivity index (χ1n) is 7.85. The maximum atomic E-state index is 4.87. The van der Waals surface area contributed by atoms with E-state index < -0.39 is 0 Å². The van der Waals surface area contributed by atoms with Gasteiger partial charge in [-0.2, -0.15) is 11.8 Å². The maximum Gasteiger partial charge on any atom is 0.160 e. The summed E-state index contributed by atoms with van der Waals surface area (Å²) in [6.45, 7) is 0. The first-order chi connectivity index (χ1) is 10.9. The summed E-state index contributed by atoms with van der Waals surface area (Å²) in [6, 6.07) is 15.2. The molecule has 0 radical (unpaired) electrons. The SMILES string of the molecule is c1ccc(Cc2nc3cccnc3n2C2CCCSC2)cc1. The number of aromatic nitrogens is 3. The molecule has 1 aromatic carbocycles. The number of pyridine rings is 1. The van der Waals surface area contributed by atoms with Gasteiger partial charge in [0, 0.05) is 24.4 Å². The summed E-state index contributed by atoms with van der Waals surface area (Å²) in [6.07, 6.45) is 5.27. The van der Waals surface area contributed by atoms with Gasteiger partial charge in [0.15, 0.2) is 5.65 Å². The van der Waals surface area contributed by atoms with Crippen LogP contribution in [0.5, 0.6) is 0 Å². The van der Waals surface area contributed by atoms with Gasteiger partial charge in [-0.05, 0) is 36.3 Å². The lowest BCUT2D eigenvalue weighted by Gasteiger charge is -2.24. The van der Waals surface area contributed by atoms with E-state index in [4.69, 9.17) is 4.98 Å². The van der Waals surface area contributed by atoms with Crippen LogP contribution in [0.25, 0.3) is 11.2 Å². The van der Waals surface area contributed by atoms with E-state index in [9.17, 15) is 0 Å². The van der Waals surface area contributed by atoms with E-state index in [2.05, 4.69) is 45.9 Å². The number of nitrogens with zero attached hydrogens (tertiary/aromatic N) is 3. The molecule has 0 aliphatic carbocycles. The van der Waals surface area contributed by atoms with E-state index in [1.165, 1.54) is 29.9 Å². The third-order valence-electron chi connectivity index (χ3n) is 4.23. The number of hydrogen-bond acceptors (Lipinski definition) is 3. The summed E-state index contributed by atoms with van der Waals surface area (Å²) in [5.74, 6) is 3.60. The minimum atomic E-state index is 0.525. The van der Waals surface area contributed by atoms with Crippen molar-refractivity contribution in [3.8, 4) is 0 Å². The van der Waals surface area contributed by atoms with Gasteiger partial charge < -0.3 is 4.57 Å². The molecule has 1 fully saturated rings. The van der Waals surface area contributed by atoms with Crippen LogP contribution in [0.2, 0.25) is 0 Å². The molecule has 3 heterocycles. The van der Waals surface area contributed by atoms with Crippen LogP contribution in [-0.2, 0) is 6.42 Å². The van der Waals surface area contributed by atoms with Crippen molar-refractivity contribution in [2.24, 2.45) is 0 Å². The lowest BCUT2D eigenvalue weighted by molar-refractivity contribution is 0.494. The van der Waals surface area contributed by atoms with Crippen molar-refractivity contribution in [1.29, 1.82) is 0 Å². The van der Waals surface area contributed by atoms with Crippen LogP contribution in [0.4, 0.5) is 0 Å². The highest BCUT2D eigenvalue weighted by molar-refractivity contribution is 7.99. The minimum absolute atomic E-state index is 0.525. The van der Waals surface area contributed by atoms with Gasteiger partial charge in [0.05, 0.1) is 0 Å². The normalized spacial score (nSPS) is 18.6. The van der Waals surface area contributed by atoms with Crippen LogP contribution in [-0.4, -0.2) is 26.0 Å². The zero-order valence-corrected chi connectivity index (χ0v) is 13.3. The van der Waals surface area contributed by atoms with Crippen LogP contribution >= 0.6 is 11.8 Å². The Balaban J connectivity index is 1.79. The van der Waals surface area contributed by atoms with Gasteiger partial charge in [0.25, 0.3) is 0 Å². The molecule has 1 unspecified atom stereocenters. The van der Waals surface area contributed by atoms with Crippen molar-refractivity contribution in [3.63, 3.8) is 0 Å². The highest BCUT2D eigenvalue weighted by atomic mass is 32.2. The van der Waals surface area contributed by atoms with E-state index in [1.54, 1.807) is 0 Å². The first-order valence-corrected chi connectivity index (χ1v) is 9.01. The molecule has 22 heavy (non-hydrogen) atoms. The fraction of sp³-hybridized carbons (Fsp3) is 0.333. The molecule has 3 aromatic rings. The van der Waals surface area contributed by atoms with Crippen LogP contribution < -0.4 is 0 Å². The van der Waals surface area contributed by atoms with Crippen LogP contribution in [0.1, 0.15) is 30.3 Å². The molecule has 4 rings (SSSR count). The first kappa shape index (κ1) is 13.8. The van der Waals surface area contributed by atoms with Crippen LogP contribution in [0.3, 0.4) is 0 Å². The number of benzene rings is 1. The van der Waals surface area contributed by atoms with Crippen LogP contribution in [0.15, 0.2) is 48.7 Å². The molecule has 4 heteroatoms. The Morgan fingerprint density at radius 1 is 1.14 bits per heavy atom. The average molecular weight is 309 g/mol. The molecule has 1 aliphatic rings. The van der Waals surface area contributed by atoms with Crippen molar-refractivity contribution < 1.29 is 0 Å². The molecule has 1 aliphatic heterocycles. The zero-order valence-electron chi connectivity index (χ0n) is 12.5. The number of fused-ring (bicyclic) bond motifs is 1. The van der Waals surface area contributed by atoms with Crippen molar-refractivity contribution in [2.45, 2.75) is 25.3 Å². The zero-order chi connectivity index (χ0) is 14.8. The summed E-state index contributed by atoms with van der Waals surface area (Å²) in [5.41, 5.74) is 3.37. The van der Waals surface area contributed by atoms with E-state index >= 15 is 0 Å². The monoisotopic (exact) mass is 309 g/mol. The molecule has 1 atom stereocenters. The van der Waals surface area contributed by atoms with E-state index in [-0.39, 0.29) is 0 Å². The smallest absolute Gasteiger partial charge is 0.160 e. The molecule has 0 spiro atoms. The summed E-state index contributed by atoms with van der Waals surface area (Å²) in [5, 5.41) is 0. The minimum Gasteiger partial charge on any atom is -0.308 e. The molecule has 1 saturated heterocycles. The second-order valence-electron chi connectivity index (χ2n) is 5.78. The number of thioether (sulfide) groups is 1. The van der Waals surface area contributed by atoms with Gasteiger partial charge in [-0.3, -0.25) is 0 Å². The molecular weight excluding hydrogens is 290 g/mol. The number of hydrogen-bond donors (Lipinski definition) is 0. The average Bonchev–Trinajstić information content (AvgIpc) is 2.94. The lowest BCUT2D eigenvalue weighted by atomic mass is 10.1. The Morgan fingerprint density at radius 2 is 2.05 bits per heavy atom. The third-order valence-corrected chi connectivity index (χ3v) is 5.43. The lowest BCUT2D eigenvalue weighted by Crippen LogP contribution is -2.19. The molecule has 0 saturated carbocycles. The standard InChI is InChI=1S/C18H19N3S/c1-2-6-14(7-3-1)12-17-20-16-9-4-10-19-18(16)21(17)15-8-5-11-22-13-15/h1-4,6-7,9-10,15H,5,8,11-13H2. The van der Waals surface area contributed by atoms with E-state index in [0.29, 0.717) is 6.04 Å². The van der Waals surface area contributed by atoms with Crippen molar-refractivity contribution in [2.75, 3.05) is 11.5 Å². The molecule has 0 N–H and O–H groups in total. The Kier molecular flexibility index (Phi) is 3.85. The Morgan fingerprint density at radius 3 is 2.86 bits per heavy atom. The highest BCUT2D eigenvalue weighted by Gasteiger charge is 2.22. The highest BCUT2D eigenvalue weighted by Crippen LogP contribution is 2.31. The molecule has 0 bridgehead atoms. The van der Waals surface area contributed by atoms with Gasteiger partial charge in [-0.25, -0.2) is 9.97 Å². The summed E-state index contributed by atoms with van der Waals surface area (Å²) in [7, 11) is 0. The predicted octanol–water partition coefficient (Wildman–Crippen LogP) is 4.09. The van der Waals surface area contributed by atoms with E-state index in [0.717, 1.165) is 23.4 Å². The topological polar surface area (TPSA) is 30.7 Å². The quantitative estimate of drug-likeness (QED) is 0.730.